The van der Waals surface area contributed by atoms with E-state index in [2.05, 4.69) is 55.7 Å². The lowest BCUT2D eigenvalue weighted by Gasteiger charge is -2.20. The molecule has 2 N–H and O–H groups in total. The first-order valence-corrected chi connectivity index (χ1v) is 7.19. The summed E-state index contributed by atoms with van der Waals surface area (Å²) in [5.41, 5.74) is 2.58. The van der Waals surface area contributed by atoms with Gasteiger partial charge in [0.2, 0.25) is 0 Å². The lowest BCUT2D eigenvalue weighted by molar-refractivity contribution is 0.612. The van der Waals surface area contributed by atoms with Gasteiger partial charge >= 0.3 is 0 Å². The number of thiocarbonyl (C=S) groups is 1. The third kappa shape index (κ3) is 5.05. The highest BCUT2D eigenvalue weighted by molar-refractivity contribution is 7.80. The van der Waals surface area contributed by atoms with E-state index in [4.69, 9.17) is 12.2 Å². The molecule has 18 heavy (non-hydrogen) atoms. The zero-order chi connectivity index (χ0) is 13.4. The molecule has 1 unspecified atom stereocenters. The lowest BCUT2D eigenvalue weighted by Crippen LogP contribution is -2.38. The Kier molecular flexibility index (Phi) is 6.73. The molecule has 0 bridgehead atoms. The van der Waals surface area contributed by atoms with E-state index in [-0.39, 0.29) is 0 Å². The zero-order valence-corrected chi connectivity index (χ0v) is 12.4. The number of hydrogen-bond acceptors (Lipinski definition) is 1. The van der Waals surface area contributed by atoms with Gasteiger partial charge in [-0.3, -0.25) is 0 Å². The summed E-state index contributed by atoms with van der Waals surface area (Å²) in [5.74, 6) is 0. The zero-order valence-electron chi connectivity index (χ0n) is 11.6. The second-order valence-electron chi connectivity index (χ2n) is 4.63. The van der Waals surface area contributed by atoms with Gasteiger partial charge in [0.05, 0.1) is 6.04 Å². The van der Waals surface area contributed by atoms with E-state index in [0.717, 1.165) is 24.5 Å². The van der Waals surface area contributed by atoms with Gasteiger partial charge in [0.15, 0.2) is 5.11 Å². The van der Waals surface area contributed by atoms with Gasteiger partial charge in [0.25, 0.3) is 0 Å². The second-order valence-corrected chi connectivity index (χ2v) is 5.03. The molecule has 0 saturated heterocycles. The van der Waals surface area contributed by atoms with E-state index >= 15 is 0 Å². The Morgan fingerprint density at radius 1 is 1.22 bits per heavy atom. The topological polar surface area (TPSA) is 24.1 Å². The molecule has 0 aromatic heterocycles. The van der Waals surface area contributed by atoms with Crippen molar-refractivity contribution in [3.63, 3.8) is 0 Å². The Labute approximate surface area is 116 Å². The smallest absolute Gasteiger partial charge is 0.166 e. The van der Waals surface area contributed by atoms with Gasteiger partial charge in [0.1, 0.15) is 0 Å². The molecule has 0 radical (unpaired) electrons. The molecular weight excluding hydrogens is 240 g/mol. The third-order valence-electron chi connectivity index (χ3n) is 3.01. The number of hydrogen-bond donors (Lipinski definition) is 2. The molecule has 1 atom stereocenters. The van der Waals surface area contributed by atoms with E-state index in [1.807, 2.05) is 0 Å². The molecule has 0 aliphatic heterocycles. The summed E-state index contributed by atoms with van der Waals surface area (Å²) in [5, 5.41) is 7.39. The van der Waals surface area contributed by atoms with Gasteiger partial charge in [-0.2, -0.15) is 0 Å². The van der Waals surface area contributed by atoms with Crippen LogP contribution < -0.4 is 10.6 Å². The van der Waals surface area contributed by atoms with Crippen LogP contribution in [0.3, 0.4) is 0 Å². The van der Waals surface area contributed by atoms with Crippen LogP contribution in [0.4, 0.5) is 0 Å². The van der Waals surface area contributed by atoms with Crippen molar-refractivity contribution >= 4 is 17.3 Å². The summed E-state index contributed by atoms with van der Waals surface area (Å²) in [6.07, 6.45) is 3.37. The second kappa shape index (κ2) is 8.09. The monoisotopic (exact) mass is 264 g/mol. The third-order valence-corrected chi connectivity index (χ3v) is 3.27. The minimum atomic E-state index is 0.298. The molecule has 3 heteroatoms. The minimum Gasteiger partial charge on any atom is -0.363 e. The number of nitrogens with one attached hydrogen (secondary N) is 2. The predicted octanol–water partition coefficient (Wildman–Crippen LogP) is 3.71. The highest BCUT2D eigenvalue weighted by Gasteiger charge is 2.09. The largest absolute Gasteiger partial charge is 0.363 e. The number of rotatable bonds is 6. The fraction of sp³-hybridized carbons (Fsp3) is 0.533. The van der Waals surface area contributed by atoms with Gasteiger partial charge in [-0.15, -0.1) is 0 Å². The predicted molar refractivity (Wildman–Crippen MR) is 82.9 cm³/mol. The van der Waals surface area contributed by atoms with Crippen molar-refractivity contribution in [3.8, 4) is 0 Å². The number of benzene rings is 1. The highest BCUT2D eigenvalue weighted by Crippen LogP contribution is 2.16. The fourth-order valence-corrected chi connectivity index (χ4v) is 2.05. The quantitative estimate of drug-likeness (QED) is 0.605. The van der Waals surface area contributed by atoms with Crippen molar-refractivity contribution in [1.82, 2.24) is 10.6 Å². The summed E-state index contributed by atoms with van der Waals surface area (Å²) in [4.78, 5) is 0. The maximum atomic E-state index is 5.31. The molecule has 1 aromatic rings. The summed E-state index contributed by atoms with van der Waals surface area (Å²) >= 11 is 5.31. The average Bonchev–Trinajstić information content (AvgIpc) is 2.37. The molecule has 0 spiro atoms. The molecule has 0 aliphatic carbocycles. The minimum absolute atomic E-state index is 0.298. The molecule has 2 nitrogen and oxygen atoms in total. The maximum Gasteiger partial charge on any atom is 0.166 e. The first-order valence-electron chi connectivity index (χ1n) is 6.78. The van der Waals surface area contributed by atoms with Crippen LogP contribution in [0.25, 0.3) is 0 Å². The Bertz CT molecular complexity index is 359. The van der Waals surface area contributed by atoms with Gasteiger partial charge in [-0.05, 0) is 37.5 Å². The maximum absolute atomic E-state index is 5.31. The van der Waals surface area contributed by atoms with Gasteiger partial charge in [-0.1, -0.05) is 50.1 Å². The van der Waals surface area contributed by atoms with Crippen LogP contribution in [0.15, 0.2) is 24.3 Å². The standard InChI is InChI=1S/C15H24N2S/c1-4-6-11-16-15(18)17-14(5-2)13-9-7-12(3)8-10-13/h7-10,14H,4-6,11H2,1-3H3,(H2,16,17,18). The Morgan fingerprint density at radius 3 is 2.44 bits per heavy atom. The summed E-state index contributed by atoms with van der Waals surface area (Å²) < 4.78 is 0. The molecule has 0 amide bonds. The fourth-order valence-electron chi connectivity index (χ4n) is 1.81. The molecule has 1 aromatic carbocycles. The van der Waals surface area contributed by atoms with Gasteiger partial charge < -0.3 is 10.6 Å². The van der Waals surface area contributed by atoms with Crippen molar-refractivity contribution in [2.24, 2.45) is 0 Å². The molecular formula is C15H24N2S. The Morgan fingerprint density at radius 2 is 1.89 bits per heavy atom. The highest BCUT2D eigenvalue weighted by atomic mass is 32.1. The Hall–Kier alpha value is -1.09. The Balaban J connectivity index is 2.51. The van der Waals surface area contributed by atoms with Crippen molar-refractivity contribution in [2.75, 3.05) is 6.54 Å². The van der Waals surface area contributed by atoms with E-state index < -0.39 is 0 Å². The molecule has 100 valence electrons. The normalized spacial score (nSPS) is 11.9. The average molecular weight is 264 g/mol. The first kappa shape index (κ1) is 15.0. The SMILES string of the molecule is CCCCNC(=S)NC(CC)c1ccc(C)cc1. The van der Waals surface area contributed by atoms with Crippen molar-refractivity contribution in [2.45, 2.75) is 46.1 Å². The van der Waals surface area contributed by atoms with Crippen LogP contribution in [0.1, 0.15) is 50.3 Å². The van der Waals surface area contributed by atoms with Crippen molar-refractivity contribution in [1.29, 1.82) is 0 Å². The van der Waals surface area contributed by atoms with E-state index in [1.165, 1.54) is 17.5 Å². The van der Waals surface area contributed by atoms with E-state index in [0.29, 0.717) is 6.04 Å². The van der Waals surface area contributed by atoms with Gasteiger partial charge in [0, 0.05) is 6.54 Å². The van der Waals surface area contributed by atoms with Crippen LogP contribution in [-0.4, -0.2) is 11.7 Å². The van der Waals surface area contributed by atoms with Crippen LogP contribution in [-0.2, 0) is 0 Å². The molecule has 1 rings (SSSR count). The van der Waals surface area contributed by atoms with E-state index in [9.17, 15) is 0 Å². The molecule has 0 saturated carbocycles. The molecule has 0 aliphatic rings. The lowest BCUT2D eigenvalue weighted by atomic mass is 10.0. The van der Waals surface area contributed by atoms with Crippen LogP contribution >= 0.6 is 12.2 Å². The van der Waals surface area contributed by atoms with Crippen LogP contribution in [0, 0.1) is 6.92 Å². The van der Waals surface area contributed by atoms with Crippen LogP contribution in [0.5, 0.6) is 0 Å². The first-order chi connectivity index (χ1) is 8.67. The summed E-state index contributed by atoms with van der Waals surface area (Å²) in [7, 11) is 0. The molecule has 0 heterocycles. The molecule has 0 fully saturated rings. The van der Waals surface area contributed by atoms with Crippen molar-refractivity contribution in [3.05, 3.63) is 35.4 Å². The van der Waals surface area contributed by atoms with Gasteiger partial charge in [-0.25, -0.2) is 0 Å². The number of aryl methyl sites for hydroxylation is 1. The van der Waals surface area contributed by atoms with Crippen molar-refractivity contribution < 1.29 is 0 Å². The summed E-state index contributed by atoms with van der Waals surface area (Å²) in [6.45, 7) is 7.41. The van der Waals surface area contributed by atoms with Crippen LogP contribution in [0.2, 0.25) is 0 Å². The van der Waals surface area contributed by atoms with E-state index in [1.54, 1.807) is 0 Å². The number of unbranched alkanes of at least 4 members (excludes halogenated alkanes) is 1. The summed E-state index contributed by atoms with van der Waals surface area (Å²) in [6, 6.07) is 8.93.